The minimum Gasteiger partial charge on any atom is -1.00 e. The molecule has 0 aromatic rings. The van der Waals surface area contributed by atoms with Crippen LogP contribution in [0.3, 0.4) is 0 Å². The summed E-state index contributed by atoms with van der Waals surface area (Å²) in [5.41, 5.74) is -2.74. The van der Waals surface area contributed by atoms with Gasteiger partial charge in [-0.3, -0.25) is 9.59 Å². The number of rotatable bonds is 6. The third kappa shape index (κ3) is 12.5. The van der Waals surface area contributed by atoms with Crippen LogP contribution in [0.25, 0.3) is 0 Å². The molecule has 0 aromatic heterocycles. The van der Waals surface area contributed by atoms with E-state index in [1.165, 1.54) is 6.92 Å². The van der Waals surface area contributed by atoms with Crippen LogP contribution in [-0.4, -0.2) is 66.2 Å². The summed E-state index contributed by atoms with van der Waals surface area (Å²) in [5.74, 6) is -6.20. The first-order chi connectivity index (χ1) is 8.42. The molecule has 20 heavy (non-hydrogen) atoms. The van der Waals surface area contributed by atoms with E-state index in [0.717, 1.165) is 0 Å². The molecule has 0 bridgehead atoms. The van der Waals surface area contributed by atoms with Crippen LogP contribution in [0, 0.1) is 0 Å². The fourth-order valence-corrected chi connectivity index (χ4v) is 0.714. The maximum absolute atomic E-state index is 10.3. The van der Waals surface area contributed by atoms with Gasteiger partial charge in [-0.25, -0.2) is 9.59 Å². The quantitative estimate of drug-likeness (QED) is 0.259. The van der Waals surface area contributed by atoms with Crippen molar-refractivity contribution in [3.8, 4) is 0 Å². The third-order valence-corrected chi connectivity index (χ3v) is 1.64. The summed E-state index contributed by atoms with van der Waals surface area (Å²) in [6.07, 6.45) is -3.52. The molecule has 0 rings (SSSR count). The predicted octanol–water partition coefficient (Wildman–Crippen LogP) is -4.68. The summed E-state index contributed by atoms with van der Waals surface area (Å²) in [6, 6.07) is 0. The smallest absolute Gasteiger partial charge is 1.00 e. The van der Waals surface area contributed by atoms with E-state index >= 15 is 0 Å². The Morgan fingerprint density at radius 2 is 1.25 bits per heavy atom. The second kappa shape index (κ2) is 11.1. The van der Waals surface area contributed by atoms with Crippen LogP contribution in [0.5, 0.6) is 0 Å². The number of aliphatic hydroxyl groups is 2. The van der Waals surface area contributed by atoms with Gasteiger partial charge in [-0.2, -0.15) is 0 Å². The third-order valence-electron chi connectivity index (χ3n) is 1.64. The maximum Gasteiger partial charge on any atom is 1.00 e. The minimum absolute atomic E-state index is 0. The van der Waals surface area contributed by atoms with E-state index in [1.807, 2.05) is 0 Å². The molecule has 0 aromatic carbocycles. The van der Waals surface area contributed by atoms with E-state index in [0.29, 0.717) is 0 Å². The fraction of sp³-hybridized carbons (Fsp3) is 0.556. The largest absolute Gasteiger partial charge is 1.00 e. The van der Waals surface area contributed by atoms with Crippen molar-refractivity contribution >= 4 is 23.9 Å². The standard InChI is InChI=1S/C6H8O7.C3H6O3.K.H/c7-3(8)1-6(13,5(11)12)2-4(9)10;1-2(4)3(5)6;;/h13H,1-2H2,(H,7,8)(H,9,10)(H,11,12);2,4H,1H3,(H,5,6);;/q;;+1;-1. The zero-order chi connectivity index (χ0) is 15.8. The molecule has 0 aliphatic heterocycles. The molecule has 0 saturated carbocycles. The Balaban J connectivity index is -0.000000156. The Bertz CT molecular complexity index is 354. The van der Waals surface area contributed by atoms with Crippen LogP contribution in [0.1, 0.15) is 21.2 Å². The number of hydrogen-bond donors (Lipinski definition) is 6. The molecule has 0 fully saturated rings. The summed E-state index contributed by atoms with van der Waals surface area (Å²) in [5, 5.41) is 49.6. The number of carbonyl (C=O) groups is 4. The van der Waals surface area contributed by atoms with E-state index in [-0.39, 0.29) is 52.8 Å². The first kappa shape index (κ1) is 24.5. The molecule has 0 heterocycles. The molecule has 0 spiro atoms. The Labute approximate surface area is 156 Å². The van der Waals surface area contributed by atoms with Gasteiger partial charge in [-0.15, -0.1) is 0 Å². The topological polar surface area (TPSA) is 190 Å². The first-order valence-electron chi connectivity index (χ1n) is 4.72. The number of carboxylic acid groups (broad SMARTS) is 4. The van der Waals surface area contributed by atoms with Gasteiger partial charge in [-0.1, -0.05) is 0 Å². The van der Waals surface area contributed by atoms with E-state index in [4.69, 9.17) is 30.6 Å². The van der Waals surface area contributed by atoms with E-state index in [1.54, 1.807) is 0 Å². The van der Waals surface area contributed by atoms with Crippen molar-refractivity contribution < 1.29 is 103 Å². The molecule has 112 valence electrons. The Morgan fingerprint density at radius 3 is 1.35 bits per heavy atom. The van der Waals surface area contributed by atoms with Crippen LogP contribution in [0.4, 0.5) is 0 Å². The van der Waals surface area contributed by atoms with Gasteiger partial charge in [0.25, 0.3) is 0 Å². The molecule has 6 N–H and O–H groups in total. The number of aliphatic carboxylic acids is 4. The average Bonchev–Trinajstić information content (AvgIpc) is 2.14. The SMILES string of the molecule is CC(O)C(=O)O.O=C(O)CC(O)(CC(=O)O)C(=O)O.[H-].[K+]. The van der Waals surface area contributed by atoms with Gasteiger partial charge < -0.3 is 32.1 Å². The van der Waals surface area contributed by atoms with Crippen molar-refractivity contribution in [3.05, 3.63) is 0 Å². The van der Waals surface area contributed by atoms with Crippen molar-refractivity contribution in [2.45, 2.75) is 31.5 Å². The van der Waals surface area contributed by atoms with Gasteiger partial charge in [0.1, 0.15) is 6.10 Å². The molecule has 11 heteroatoms. The van der Waals surface area contributed by atoms with Crippen molar-refractivity contribution in [2.24, 2.45) is 0 Å². The molecular weight excluding hydrogens is 307 g/mol. The number of aliphatic hydroxyl groups excluding tert-OH is 1. The molecule has 0 aliphatic carbocycles. The summed E-state index contributed by atoms with van der Waals surface area (Å²) in [7, 11) is 0. The average molecular weight is 322 g/mol. The van der Waals surface area contributed by atoms with Gasteiger partial charge in [0.05, 0.1) is 12.8 Å². The Kier molecular flexibility index (Phi) is 13.6. The van der Waals surface area contributed by atoms with E-state index < -0.39 is 48.4 Å². The Hall–Kier alpha value is -0.564. The number of carboxylic acids is 4. The van der Waals surface area contributed by atoms with Crippen molar-refractivity contribution in [1.29, 1.82) is 0 Å². The van der Waals surface area contributed by atoms with Gasteiger partial charge >= 0.3 is 75.3 Å². The van der Waals surface area contributed by atoms with Crippen LogP contribution in [-0.2, 0) is 19.2 Å². The Morgan fingerprint density at radius 1 is 1.00 bits per heavy atom. The summed E-state index contributed by atoms with van der Waals surface area (Å²) in [6.45, 7) is 1.20. The van der Waals surface area contributed by atoms with Gasteiger partial charge in [-0.05, 0) is 6.92 Å². The molecule has 1 unspecified atom stereocenters. The predicted molar refractivity (Wildman–Crippen MR) is 57.5 cm³/mol. The molecule has 1 atom stereocenters. The summed E-state index contributed by atoms with van der Waals surface area (Å²) in [4.78, 5) is 39.9. The second-order valence-corrected chi connectivity index (χ2v) is 3.49. The maximum atomic E-state index is 10.3. The summed E-state index contributed by atoms with van der Waals surface area (Å²) < 4.78 is 0. The van der Waals surface area contributed by atoms with Gasteiger partial charge in [0.2, 0.25) is 0 Å². The molecular formula is C9H15KO10. The van der Waals surface area contributed by atoms with Gasteiger partial charge in [0.15, 0.2) is 5.60 Å². The minimum atomic E-state index is -2.74. The monoisotopic (exact) mass is 322 g/mol. The second-order valence-electron chi connectivity index (χ2n) is 3.49. The normalized spacial score (nSPS) is 11.2. The number of hydrogen-bond acceptors (Lipinski definition) is 6. The molecule has 10 nitrogen and oxygen atoms in total. The van der Waals surface area contributed by atoms with Crippen LogP contribution < -0.4 is 51.4 Å². The van der Waals surface area contributed by atoms with Crippen molar-refractivity contribution in [2.75, 3.05) is 0 Å². The molecule has 0 saturated heterocycles. The summed E-state index contributed by atoms with van der Waals surface area (Å²) >= 11 is 0. The molecule has 0 radical (unpaired) electrons. The van der Waals surface area contributed by atoms with Crippen LogP contribution in [0.15, 0.2) is 0 Å². The zero-order valence-corrected chi connectivity index (χ0v) is 13.9. The molecule has 0 aliphatic rings. The van der Waals surface area contributed by atoms with E-state index in [2.05, 4.69) is 0 Å². The van der Waals surface area contributed by atoms with E-state index in [9.17, 15) is 19.2 Å². The molecule has 0 amide bonds. The van der Waals surface area contributed by atoms with Crippen molar-refractivity contribution in [1.82, 2.24) is 0 Å². The fourth-order valence-electron chi connectivity index (χ4n) is 0.714. The van der Waals surface area contributed by atoms with Gasteiger partial charge in [0, 0.05) is 0 Å². The first-order valence-corrected chi connectivity index (χ1v) is 4.72. The van der Waals surface area contributed by atoms with Crippen molar-refractivity contribution in [3.63, 3.8) is 0 Å². The zero-order valence-electron chi connectivity index (χ0n) is 11.8. The van der Waals surface area contributed by atoms with Crippen LogP contribution in [0.2, 0.25) is 0 Å². The van der Waals surface area contributed by atoms with Crippen LogP contribution >= 0.6 is 0 Å².